The Morgan fingerprint density at radius 2 is 1.82 bits per heavy atom. The van der Waals surface area contributed by atoms with E-state index in [2.05, 4.69) is 30.8 Å². The molecular formula is C16H20O. The highest BCUT2D eigenvalue weighted by Crippen LogP contribution is 2.35. The average molecular weight is 228 g/mol. The lowest BCUT2D eigenvalue weighted by Crippen LogP contribution is -2.31. The van der Waals surface area contributed by atoms with E-state index in [4.69, 9.17) is 4.74 Å². The first-order chi connectivity index (χ1) is 8.34. The predicted molar refractivity (Wildman–Crippen MR) is 69.8 cm³/mol. The van der Waals surface area contributed by atoms with E-state index in [0.717, 1.165) is 13.0 Å². The lowest BCUT2D eigenvalue weighted by molar-refractivity contribution is -0.0132. The molecule has 0 bridgehead atoms. The van der Waals surface area contributed by atoms with Crippen molar-refractivity contribution in [3.8, 4) is 0 Å². The Kier molecular flexibility index (Phi) is 3.02. The Balaban J connectivity index is 1.90. The molecule has 1 heteroatoms. The smallest absolute Gasteiger partial charge is 0.0723 e. The first-order valence-electron chi connectivity index (χ1n) is 6.70. The number of benzene rings is 1. The van der Waals surface area contributed by atoms with Crippen LogP contribution >= 0.6 is 0 Å². The van der Waals surface area contributed by atoms with Gasteiger partial charge in [-0.3, -0.25) is 0 Å². The van der Waals surface area contributed by atoms with Crippen molar-refractivity contribution >= 4 is 0 Å². The van der Waals surface area contributed by atoms with Crippen molar-refractivity contribution < 1.29 is 4.74 Å². The maximum Gasteiger partial charge on any atom is 0.0723 e. The van der Waals surface area contributed by atoms with Gasteiger partial charge in [0, 0.05) is 5.92 Å². The minimum atomic E-state index is 0.421. The van der Waals surface area contributed by atoms with E-state index in [-0.39, 0.29) is 0 Å². The zero-order valence-electron chi connectivity index (χ0n) is 10.3. The molecule has 2 atom stereocenters. The summed E-state index contributed by atoms with van der Waals surface area (Å²) >= 11 is 0. The second-order valence-electron chi connectivity index (χ2n) is 5.34. The van der Waals surface area contributed by atoms with Crippen LogP contribution in [0.15, 0.2) is 36.4 Å². The molecule has 0 aromatic heterocycles. The summed E-state index contributed by atoms with van der Waals surface area (Å²) in [4.78, 5) is 0. The standard InChI is InChI=1S/C16H20O/c1-12-10-13-6-2-3-7-14(13)11-17-16-9-5-4-8-15(12)16/h2-3,6-7,15-16H,1,4-5,8-11H2. The largest absolute Gasteiger partial charge is 0.373 e. The minimum absolute atomic E-state index is 0.421. The maximum atomic E-state index is 6.12. The lowest BCUT2D eigenvalue weighted by atomic mass is 9.79. The summed E-state index contributed by atoms with van der Waals surface area (Å²) in [6, 6.07) is 8.62. The molecule has 0 saturated heterocycles. The Hall–Kier alpha value is -1.08. The van der Waals surface area contributed by atoms with Gasteiger partial charge in [0.05, 0.1) is 12.7 Å². The van der Waals surface area contributed by atoms with Gasteiger partial charge < -0.3 is 4.74 Å². The summed E-state index contributed by atoms with van der Waals surface area (Å²) in [6.07, 6.45) is 6.60. The van der Waals surface area contributed by atoms with Crippen molar-refractivity contribution in [3.05, 3.63) is 47.5 Å². The van der Waals surface area contributed by atoms with E-state index in [1.165, 1.54) is 42.4 Å². The number of hydrogen-bond acceptors (Lipinski definition) is 1. The highest BCUT2D eigenvalue weighted by atomic mass is 16.5. The van der Waals surface area contributed by atoms with Crippen LogP contribution in [0.1, 0.15) is 36.8 Å². The molecule has 1 aromatic carbocycles. The molecule has 17 heavy (non-hydrogen) atoms. The van der Waals surface area contributed by atoms with Crippen molar-refractivity contribution in [2.45, 2.75) is 44.8 Å². The summed E-state index contributed by atoms with van der Waals surface area (Å²) < 4.78 is 6.12. The highest BCUT2D eigenvalue weighted by Gasteiger charge is 2.29. The van der Waals surface area contributed by atoms with Gasteiger partial charge in [-0.15, -0.1) is 0 Å². The zero-order valence-corrected chi connectivity index (χ0v) is 10.3. The van der Waals surface area contributed by atoms with Crippen LogP contribution in [-0.2, 0) is 17.8 Å². The summed E-state index contributed by atoms with van der Waals surface area (Å²) in [6.45, 7) is 5.10. The first kappa shape index (κ1) is 11.0. The summed E-state index contributed by atoms with van der Waals surface area (Å²) in [5.41, 5.74) is 4.13. The lowest BCUT2D eigenvalue weighted by Gasteiger charge is -2.35. The monoisotopic (exact) mass is 228 g/mol. The topological polar surface area (TPSA) is 9.23 Å². The van der Waals surface area contributed by atoms with Crippen molar-refractivity contribution in [3.63, 3.8) is 0 Å². The Morgan fingerprint density at radius 1 is 1.06 bits per heavy atom. The number of rotatable bonds is 0. The van der Waals surface area contributed by atoms with Gasteiger partial charge in [-0.1, -0.05) is 49.3 Å². The molecule has 2 unspecified atom stereocenters. The van der Waals surface area contributed by atoms with Crippen LogP contribution in [-0.4, -0.2) is 6.10 Å². The van der Waals surface area contributed by atoms with Crippen LogP contribution in [0.2, 0.25) is 0 Å². The van der Waals surface area contributed by atoms with Crippen molar-refractivity contribution in [1.82, 2.24) is 0 Å². The predicted octanol–water partition coefficient (Wildman–Crippen LogP) is 3.87. The molecule has 1 aromatic rings. The molecule has 1 fully saturated rings. The molecule has 0 spiro atoms. The molecule has 0 N–H and O–H groups in total. The fraction of sp³-hybridized carbons (Fsp3) is 0.500. The Bertz CT molecular complexity index is 421. The Morgan fingerprint density at radius 3 is 2.71 bits per heavy atom. The van der Waals surface area contributed by atoms with Crippen LogP contribution in [0, 0.1) is 5.92 Å². The second-order valence-corrected chi connectivity index (χ2v) is 5.34. The van der Waals surface area contributed by atoms with Gasteiger partial charge in [-0.05, 0) is 30.4 Å². The van der Waals surface area contributed by atoms with Gasteiger partial charge in [0.1, 0.15) is 0 Å². The van der Waals surface area contributed by atoms with Gasteiger partial charge in [0.15, 0.2) is 0 Å². The number of ether oxygens (including phenoxy) is 1. The molecule has 1 heterocycles. The number of fused-ring (bicyclic) bond motifs is 2. The highest BCUT2D eigenvalue weighted by molar-refractivity contribution is 5.31. The molecule has 1 nitrogen and oxygen atoms in total. The average Bonchev–Trinajstić information content (AvgIpc) is 2.36. The van der Waals surface area contributed by atoms with Gasteiger partial charge in [-0.25, -0.2) is 0 Å². The third kappa shape index (κ3) is 2.16. The molecule has 2 aliphatic rings. The third-order valence-electron chi connectivity index (χ3n) is 4.22. The van der Waals surface area contributed by atoms with Crippen molar-refractivity contribution in [2.75, 3.05) is 0 Å². The van der Waals surface area contributed by atoms with E-state index in [1.54, 1.807) is 0 Å². The SMILES string of the molecule is C=C1Cc2ccccc2COC2CCCCC12. The van der Waals surface area contributed by atoms with Gasteiger partial charge in [0.2, 0.25) is 0 Å². The normalized spacial score (nSPS) is 28.8. The fourth-order valence-electron chi connectivity index (χ4n) is 3.21. The number of hydrogen-bond donors (Lipinski definition) is 0. The molecule has 0 amide bonds. The molecule has 1 aliphatic carbocycles. The van der Waals surface area contributed by atoms with E-state index in [0.29, 0.717) is 12.0 Å². The van der Waals surface area contributed by atoms with E-state index in [9.17, 15) is 0 Å². The third-order valence-corrected chi connectivity index (χ3v) is 4.22. The van der Waals surface area contributed by atoms with Gasteiger partial charge in [0.25, 0.3) is 0 Å². The fourth-order valence-corrected chi connectivity index (χ4v) is 3.21. The van der Waals surface area contributed by atoms with Gasteiger partial charge in [-0.2, -0.15) is 0 Å². The molecular weight excluding hydrogens is 208 g/mol. The molecule has 1 saturated carbocycles. The van der Waals surface area contributed by atoms with Crippen LogP contribution in [0.5, 0.6) is 0 Å². The molecule has 3 rings (SSSR count). The summed E-state index contributed by atoms with van der Waals surface area (Å²) in [7, 11) is 0. The molecule has 1 aliphatic heterocycles. The first-order valence-corrected chi connectivity index (χ1v) is 6.70. The van der Waals surface area contributed by atoms with Crippen molar-refractivity contribution in [2.24, 2.45) is 5.92 Å². The second kappa shape index (κ2) is 4.66. The maximum absolute atomic E-state index is 6.12. The minimum Gasteiger partial charge on any atom is -0.373 e. The van der Waals surface area contributed by atoms with Crippen LogP contribution in [0.3, 0.4) is 0 Å². The molecule has 90 valence electrons. The van der Waals surface area contributed by atoms with E-state index < -0.39 is 0 Å². The van der Waals surface area contributed by atoms with Crippen LogP contribution in [0.25, 0.3) is 0 Å². The quantitative estimate of drug-likeness (QED) is 0.612. The van der Waals surface area contributed by atoms with Crippen LogP contribution in [0.4, 0.5) is 0 Å². The Labute approximate surface area is 103 Å². The van der Waals surface area contributed by atoms with Crippen molar-refractivity contribution in [1.29, 1.82) is 0 Å². The van der Waals surface area contributed by atoms with Crippen LogP contribution < -0.4 is 0 Å². The zero-order chi connectivity index (χ0) is 11.7. The van der Waals surface area contributed by atoms with E-state index >= 15 is 0 Å². The van der Waals surface area contributed by atoms with E-state index in [1.807, 2.05) is 0 Å². The summed E-state index contributed by atoms with van der Waals surface area (Å²) in [5, 5.41) is 0. The molecule has 0 radical (unpaired) electrons. The summed E-state index contributed by atoms with van der Waals surface area (Å²) in [5.74, 6) is 0.595. The van der Waals surface area contributed by atoms with Gasteiger partial charge >= 0.3 is 0 Å².